The Balaban J connectivity index is 2.26. The minimum absolute atomic E-state index is 0.0253. The Labute approximate surface area is 103 Å². The van der Waals surface area contributed by atoms with Gasteiger partial charge in [-0.1, -0.05) is 13.8 Å². The molecule has 5 heteroatoms. The van der Waals surface area contributed by atoms with Crippen LogP contribution < -0.4 is 10.6 Å². The lowest BCUT2D eigenvalue weighted by molar-refractivity contribution is -0.134. The van der Waals surface area contributed by atoms with Crippen LogP contribution in [0.25, 0.3) is 0 Å². The van der Waals surface area contributed by atoms with Crippen molar-refractivity contribution >= 4 is 5.91 Å². The summed E-state index contributed by atoms with van der Waals surface area (Å²) in [6.07, 6.45) is 0.579. The second-order valence-electron chi connectivity index (χ2n) is 5.19. The van der Waals surface area contributed by atoms with Gasteiger partial charge in [0.1, 0.15) is 6.10 Å². The zero-order valence-corrected chi connectivity index (χ0v) is 11.0. The average molecular weight is 244 g/mol. The van der Waals surface area contributed by atoms with Gasteiger partial charge < -0.3 is 20.1 Å². The molecule has 0 aromatic heterocycles. The Morgan fingerprint density at radius 2 is 2.35 bits per heavy atom. The average Bonchev–Trinajstić information content (AvgIpc) is 2.35. The SMILES string of the molecule is COCCC(C)(C)CNC(=O)C1CNCCO1. The molecule has 1 rings (SSSR count). The smallest absolute Gasteiger partial charge is 0.250 e. The van der Waals surface area contributed by atoms with Gasteiger partial charge in [0.25, 0.3) is 0 Å². The number of nitrogens with one attached hydrogen (secondary N) is 2. The van der Waals surface area contributed by atoms with Crippen LogP contribution in [-0.4, -0.2) is 52.0 Å². The highest BCUT2D eigenvalue weighted by Crippen LogP contribution is 2.18. The minimum Gasteiger partial charge on any atom is -0.385 e. The Bertz CT molecular complexity index is 238. The van der Waals surface area contributed by atoms with E-state index in [9.17, 15) is 4.79 Å². The van der Waals surface area contributed by atoms with Gasteiger partial charge in [0.15, 0.2) is 0 Å². The first kappa shape index (κ1) is 14.4. The van der Waals surface area contributed by atoms with Crippen LogP contribution in [0.2, 0.25) is 0 Å². The first-order valence-electron chi connectivity index (χ1n) is 6.14. The Hall–Kier alpha value is -0.650. The Morgan fingerprint density at radius 3 is 2.94 bits per heavy atom. The number of rotatable bonds is 6. The van der Waals surface area contributed by atoms with Gasteiger partial charge in [-0.15, -0.1) is 0 Å². The Kier molecular flexibility index (Phi) is 5.88. The molecule has 0 spiro atoms. The summed E-state index contributed by atoms with van der Waals surface area (Å²) in [6.45, 7) is 7.62. The summed E-state index contributed by atoms with van der Waals surface area (Å²) >= 11 is 0. The largest absolute Gasteiger partial charge is 0.385 e. The number of ether oxygens (including phenoxy) is 2. The summed E-state index contributed by atoms with van der Waals surface area (Å²) in [5.41, 5.74) is 0.0494. The highest BCUT2D eigenvalue weighted by Gasteiger charge is 2.24. The van der Waals surface area contributed by atoms with Gasteiger partial charge in [0.05, 0.1) is 6.61 Å². The summed E-state index contributed by atoms with van der Waals surface area (Å²) in [6, 6.07) is 0. The molecule has 5 nitrogen and oxygen atoms in total. The molecule has 1 amide bonds. The maximum Gasteiger partial charge on any atom is 0.250 e. The van der Waals surface area contributed by atoms with Gasteiger partial charge in [-0.3, -0.25) is 4.79 Å². The van der Waals surface area contributed by atoms with E-state index in [1.807, 2.05) is 0 Å². The number of amides is 1. The fourth-order valence-corrected chi connectivity index (χ4v) is 1.64. The zero-order valence-electron chi connectivity index (χ0n) is 11.0. The lowest BCUT2D eigenvalue weighted by Crippen LogP contribution is -2.49. The van der Waals surface area contributed by atoms with Crippen molar-refractivity contribution in [2.24, 2.45) is 5.41 Å². The van der Waals surface area contributed by atoms with Crippen molar-refractivity contribution in [3.63, 3.8) is 0 Å². The second-order valence-corrected chi connectivity index (χ2v) is 5.19. The molecule has 100 valence electrons. The van der Waals surface area contributed by atoms with Crippen molar-refractivity contribution in [3.8, 4) is 0 Å². The van der Waals surface area contributed by atoms with Crippen LogP contribution in [0.4, 0.5) is 0 Å². The van der Waals surface area contributed by atoms with Crippen molar-refractivity contribution in [2.75, 3.05) is 40.0 Å². The monoisotopic (exact) mass is 244 g/mol. The standard InChI is InChI=1S/C12H24N2O3/c1-12(2,4-6-16-3)9-14-11(15)10-8-13-5-7-17-10/h10,13H,4-9H2,1-3H3,(H,14,15). The predicted octanol–water partition coefficient (Wildman–Crippen LogP) is 0.154. The van der Waals surface area contributed by atoms with Crippen LogP contribution in [-0.2, 0) is 14.3 Å². The molecule has 1 aliphatic rings. The van der Waals surface area contributed by atoms with E-state index in [-0.39, 0.29) is 17.4 Å². The topological polar surface area (TPSA) is 59.6 Å². The molecule has 1 aliphatic heterocycles. The van der Waals surface area contributed by atoms with E-state index in [1.165, 1.54) is 0 Å². The highest BCUT2D eigenvalue weighted by molar-refractivity contribution is 5.81. The van der Waals surface area contributed by atoms with Crippen LogP contribution in [0, 0.1) is 5.41 Å². The summed E-state index contributed by atoms with van der Waals surface area (Å²) < 4.78 is 10.4. The van der Waals surface area contributed by atoms with Gasteiger partial charge in [-0.2, -0.15) is 0 Å². The quantitative estimate of drug-likeness (QED) is 0.698. The van der Waals surface area contributed by atoms with E-state index in [0.717, 1.165) is 13.0 Å². The highest BCUT2D eigenvalue weighted by atomic mass is 16.5. The molecule has 0 aromatic carbocycles. The number of carbonyl (C=O) groups excluding carboxylic acids is 1. The van der Waals surface area contributed by atoms with Crippen molar-refractivity contribution in [1.29, 1.82) is 0 Å². The van der Waals surface area contributed by atoms with E-state index in [1.54, 1.807) is 7.11 Å². The van der Waals surface area contributed by atoms with E-state index in [4.69, 9.17) is 9.47 Å². The number of morpholine rings is 1. The predicted molar refractivity (Wildman–Crippen MR) is 65.9 cm³/mol. The van der Waals surface area contributed by atoms with Crippen molar-refractivity contribution in [1.82, 2.24) is 10.6 Å². The molecule has 17 heavy (non-hydrogen) atoms. The number of carbonyl (C=O) groups is 1. The lowest BCUT2D eigenvalue weighted by atomic mass is 9.89. The normalized spacial score (nSPS) is 21.2. The molecule has 0 aromatic rings. The van der Waals surface area contributed by atoms with Gasteiger partial charge in [-0.25, -0.2) is 0 Å². The number of hydrogen-bond acceptors (Lipinski definition) is 4. The maximum atomic E-state index is 11.8. The maximum absolute atomic E-state index is 11.8. The van der Waals surface area contributed by atoms with Crippen LogP contribution in [0.3, 0.4) is 0 Å². The molecule has 0 bridgehead atoms. The molecular weight excluding hydrogens is 220 g/mol. The van der Waals surface area contributed by atoms with Crippen molar-refractivity contribution in [3.05, 3.63) is 0 Å². The third-order valence-electron chi connectivity index (χ3n) is 2.94. The Morgan fingerprint density at radius 1 is 1.59 bits per heavy atom. The third kappa shape index (κ3) is 5.48. The molecule has 1 unspecified atom stereocenters. The lowest BCUT2D eigenvalue weighted by Gasteiger charge is -2.27. The van der Waals surface area contributed by atoms with E-state index >= 15 is 0 Å². The van der Waals surface area contributed by atoms with Gasteiger partial charge in [0, 0.05) is 33.4 Å². The third-order valence-corrected chi connectivity index (χ3v) is 2.94. The summed E-state index contributed by atoms with van der Waals surface area (Å²) in [5, 5.41) is 6.08. The first-order valence-corrected chi connectivity index (χ1v) is 6.14. The fourth-order valence-electron chi connectivity index (χ4n) is 1.64. The molecule has 0 saturated carbocycles. The van der Waals surface area contributed by atoms with Crippen molar-refractivity contribution in [2.45, 2.75) is 26.4 Å². The molecule has 2 N–H and O–H groups in total. The second kappa shape index (κ2) is 6.93. The first-order chi connectivity index (χ1) is 8.05. The van der Waals surface area contributed by atoms with E-state index < -0.39 is 0 Å². The molecular formula is C12H24N2O3. The molecule has 1 atom stereocenters. The van der Waals surface area contributed by atoms with Gasteiger partial charge in [-0.05, 0) is 11.8 Å². The molecule has 1 fully saturated rings. The molecule has 1 heterocycles. The van der Waals surface area contributed by atoms with Crippen LogP contribution in [0.1, 0.15) is 20.3 Å². The molecule has 1 saturated heterocycles. The summed E-state index contributed by atoms with van der Waals surface area (Å²) in [5.74, 6) is -0.0253. The summed E-state index contributed by atoms with van der Waals surface area (Å²) in [7, 11) is 1.69. The molecule has 0 radical (unpaired) electrons. The van der Waals surface area contributed by atoms with Crippen molar-refractivity contribution < 1.29 is 14.3 Å². The minimum atomic E-state index is -0.345. The molecule has 0 aliphatic carbocycles. The van der Waals surface area contributed by atoms with Crippen LogP contribution >= 0.6 is 0 Å². The zero-order chi connectivity index (χ0) is 12.7. The van der Waals surface area contributed by atoms with Gasteiger partial charge in [0.2, 0.25) is 5.91 Å². The van der Waals surface area contributed by atoms with E-state index in [2.05, 4.69) is 24.5 Å². The van der Waals surface area contributed by atoms with Crippen LogP contribution in [0.15, 0.2) is 0 Å². The van der Waals surface area contributed by atoms with E-state index in [0.29, 0.717) is 26.3 Å². The fraction of sp³-hybridized carbons (Fsp3) is 0.917. The number of methoxy groups -OCH3 is 1. The number of hydrogen-bond donors (Lipinski definition) is 2. The van der Waals surface area contributed by atoms with Crippen LogP contribution in [0.5, 0.6) is 0 Å². The van der Waals surface area contributed by atoms with Gasteiger partial charge >= 0.3 is 0 Å². The summed E-state index contributed by atoms with van der Waals surface area (Å²) in [4.78, 5) is 11.8.